The van der Waals surface area contributed by atoms with Crippen LogP contribution in [0.25, 0.3) is 0 Å². The number of hydrogen-bond acceptors (Lipinski definition) is 1. The van der Waals surface area contributed by atoms with Gasteiger partial charge in [-0.1, -0.05) is 96.8 Å². The van der Waals surface area contributed by atoms with E-state index in [1.807, 2.05) is 0 Å². The minimum absolute atomic E-state index is 1.11. The molecule has 0 saturated carbocycles. The number of allylic oxidation sites excluding steroid dienone is 3. The molecule has 0 aromatic rings. The summed E-state index contributed by atoms with van der Waals surface area (Å²) in [4.78, 5) is 0. The Balaban J connectivity index is 3.11. The largest absolute Gasteiger partial charge is 0.389 e. The van der Waals surface area contributed by atoms with E-state index < -0.39 is 0 Å². The smallest absolute Gasteiger partial charge is 0.0143 e. The van der Waals surface area contributed by atoms with Gasteiger partial charge < -0.3 is 5.32 Å². The summed E-state index contributed by atoms with van der Waals surface area (Å²) in [5, 5.41) is 3.43. The molecule has 0 unspecified atom stereocenters. The Morgan fingerprint density at radius 1 is 0.667 bits per heavy atom. The summed E-state index contributed by atoms with van der Waals surface area (Å²) in [7, 11) is 0. The van der Waals surface area contributed by atoms with Gasteiger partial charge in [-0.3, -0.25) is 0 Å². The molecule has 0 spiro atoms. The molecule has 0 radical (unpaired) electrons. The molecule has 1 heteroatoms. The number of hydrogen-bond donors (Lipinski definition) is 1. The van der Waals surface area contributed by atoms with Crippen LogP contribution in [0.5, 0.6) is 0 Å². The summed E-state index contributed by atoms with van der Waals surface area (Å²) >= 11 is 0. The van der Waals surface area contributed by atoms with Crippen LogP contribution < -0.4 is 5.32 Å². The third-order valence-corrected chi connectivity index (χ3v) is 4.62. The highest BCUT2D eigenvalue weighted by Gasteiger charge is 1.93. The zero-order chi connectivity index (χ0) is 17.7. The summed E-state index contributed by atoms with van der Waals surface area (Å²) in [5.74, 6) is 0. The SMILES string of the molecule is C=C(CCC)NCCCCCCCC/C=C\CCCCCCCC. The molecule has 0 aliphatic carbocycles. The Morgan fingerprint density at radius 3 is 1.71 bits per heavy atom. The first-order valence-corrected chi connectivity index (χ1v) is 10.9. The second-order valence-electron chi connectivity index (χ2n) is 7.22. The highest BCUT2D eigenvalue weighted by Crippen LogP contribution is 2.10. The molecule has 24 heavy (non-hydrogen) atoms. The molecule has 0 atom stereocenters. The number of nitrogens with one attached hydrogen (secondary N) is 1. The summed E-state index contributed by atoms with van der Waals surface area (Å²) in [6.45, 7) is 9.64. The minimum atomic E-state index is 1.11. The second kappa shape index (κ2) is 20.3. The third kappa shape index (κ3) is 19.3. The molecule has 1 N–H and O–H groups in total. The first-order valence-electron chi connectivity index (χ1n) is 10.9. The standard InChI is InChI=1S/C23H45N/c1-4-6-7-8-9-10-11-12-13-14-15-16-17-18-19-20-22-24-23(3)21-5-2/h12-13,24H,3-11,14-22H2,1-2H3/b13-12-. The Kier molecular flexibility index (Phi) is 19.7. The normalized spacial score (nSPS) is 11.2. The van der Waals surface area contributed by atoms with Crippen LogP contribution in [0.4, 0.5) is 0 Å². The molecular weight excluding hydrogens is 290 g/mol. The predicted octanol–water partition coefficient (Wildman–Crippen LogP) is 7.93. The highest BCUT2D eigenvalue weighted by atomic mass is 14.9. The van der Waals surface area contributed by atoms with Crippen molar-refractivity contribution in [3.8, 4) is 0 Å². The van der Waals surface area contributed by atoms with Gasteiger partial charge in [0.25, 0.3) is 0 Å². The van der Waals surface area contributed by atoms with E-state index in [0.29, 0.717) is 0 Å². The highest BCUT2D eigenvalue weighted by molar-refractivity contribution is 4.89. The molecule has 0 fully saturated rings. The molecule has 1 nitrogen and oxygen atoms in total. The zero-order valence-electron chi connectivity index (χ0n) is 16.9. The van der Waals surface area contributed by atoms with Crippen molar-refractivity contribution >= 4 is 0 Å². The summed E-state index contributed by atoms with van der Waals surface area (Å²) in [6, 6.07) is 0. The first kappa shape index (κ1) is 23.3. The van der Waals surface area contributed by atoms with Crippen molar-refractivity contribution < 1.29 is 0 Å². The van der Waals surface area contributed by atoms with Gasteiger partial charge in [-0.05, 0) is 38.5 Å². The van der Waals surface area contributed by atoms with Crippen LogP contribution in [0, 0.1) is 0 Å². The van der Waals surface area contributed by atoms with Crippen molar-refractivity contribution in [3.05, 3.63) is 24.4 Å². The summed E-state index contributed by atoms with van der Waals surface area (Å²) in [5.41, 5.74) is 1.21. The lowest BCUT2D eigenvalue weighted by molar-refractivity contribution is 0.580. The van der Waals surface area contributed by atoms with E-state index in [2.05, 4.69) is 37.9 Å². The van der Waals surface area contributed by atoms with Crippen LogP contribution in [0.2, 0.25) is 0 Å². The minimum Gasteiger partial charge on any atom is -0.389 e. The topological polar surface area (TPSA) is 12.0 Å². The van der Waals surface area contributed by atoms with Gasteiger partial charge in [0.2, 0.25) is 0 Å². The molecule has 0 heterocycles. The van der Waals surface area contributed by atoms with Crippen LogP contribution in [0.3, 0.4) is 0 Å². The van der Waals surface area contributed by atoms with E-state index >= 15 is 0 Å². The molecule has 0 aliphatic rings. The average Bonchev–Trinajstić information content (AvgIpc) is 2.58. The summed E-state index contributed by atoms with van der Waals surface area (Å²) < 4.78 is 0. The average molecular weight is 336 g/mol. The van der Waals surface area contributed by atoms with Crippen molar-refractivity contribution in [2.45, 2.75) is 117 Å². The maximum Gasteiger partial charge on any atom is 0.0143 e. The maximum absolute atomic E-state index is 4.04. The van der Waals surface area contributed by atoms with E-state index in [1.165, 1.54) is 102 Å². The van der Waals surface area contributed by atoms with Gasteiger partial charge in [0.15, 0.2) is 0 Å². The van der Waals surface area contributed by atoms with Crippen molar-refractivity contribution in [2.75, 3.05) is 6.54 Å². The molecule has 0 bridgehead atoms. The van der Waals surface area contributed by atoms with E-state index in [-0.39, 0.29) is 0 Å². The molecule has 0 aromatic carbocycles. The molecular formula is C23H45N. The van der Waals surface area contributed by atoms with Crippen LogP contribution in [-0.2, 0) is 0 Å². The van der Waals surface area contributed by atoms with Crippen LogP contribution in [-0.4, -0.2) is 6.54 Å². The van der Waals surface area contributed by atoms with Crippen molar-refractivity contribution in [1.29, 1.82) is 0 Å². The molecule has 0 aliphatic heterocycles. The zero-order valence-corrected chi connectivity index (χ0v) is 16.9. The van der Waals surface area contributed by atoms with E-state index in [4.69, 9.17) is 0 Å². The van der Waals surface area contributed by atoms with E-state index in [9.17, 15) is 0 Å². The van der Waals surface area contributed by atoms with Gasteiger partial charge in [0, 0.05) is 12.2 Å². The second-order valence-corrected chi connectivity index (χ2v) is 7.22. The lowest BCUT2D eigenvalue weighted by Crippen LogP contribution is -2.13. The number of rotatable bonds is 19. The van der Waals surface area contributed by atoms with Gasteiger partial charge in [0.05, 0.1) is 0 Å². The van der Waals surface area contributed by atoms with Crippen LogP contribution >= 0.6 is 0 Å². The Labute approximate surface area is 153 Å². The summed E-state index contributed by atoms with van der Waals surface area (Å²) in [6.07, 6.45) is 26.4. The van der Waals surface area contributed by atoms with Gasteiger partial charge in [0.1, 0.15) is 0 Å². The van der Waals surface area contributed by atoms with E-state index in [1.54, 1.807) is 0 Å². The fourth-order valence-electron chi connectivity index (χ4n) is 3.03. The Hall–Kier alpha value is -0.720. The third-order valence-electron chi connectivity index (χ3n) is 4.62. The molecule has 0 saturated heterocycles. The lowest BCUT2D eigenvalue weighted by atomic mass is 10.1. The monoisotopic (exact) mass is 335 g/mol. The van der Waals surface area contributed by atoms with E-state index in [0.717, 1.165) is 13.0 Å². The predicted molar refractivity (Wildman–Crippen MR) is 112 cm³/mol. The number of unbranched alkanes of at least 4 members (excludes halogenated alkanes) is 12. The van der Waals surface area contributed by atoms with Gasteiger partial charge in [-0.2, -0.15) is 0 Å². The van der Waals surface area contributed by atoms with Gasteiger partial charge in [-0.25, -0.2) is 0 Å². The lowest BCUT2D eigenvalue weighted by Gasteiger charge is -2.08. The van der Waals surface area contributed by atoms with Crippen molar-refractivity contribution in [2.24, 2.45) is 0 Å². The van der Waals surface area contributed by atoms with Crippen LogP contribution in [0.15, 0.2) is 24.4 Å². The van der Waals surface area contributed by atoms with Gasteiger partial charge >= 0.3 is 0 Å². The molecule has 0 rings (SSSR count). The molecule has 0 aromatic heterocycles. The maximum atomic E-state index is 4.04. The van der Waals surface area contributed by atoms with Gasteiger partial charge in [-0.15, -0.1) is 0 Å². The van der Waals surface area contributed by atoms with Crippen LogP contribution in [0.1, 0.15) is 117 Å². The molecule has 0 amide bonds. The van der Waals surface area contributed by atoms with Crippen molar-refractivity contribution in [1.82, 2.24) is 5.32 Å². The molecule has 142 valence electrons. The fraction of sp³-hybridized carbons (Fsp3) is 0.826. The Morgan fingerprint density at radius 2 is 1.17 bits per heavy atom. The Bertz CT molecular complexity index is 280. The quantitative estimate of drug-likeness (QED) is 0.187. The van der Waals surface area contributed by atoms with Crippen molar-refractivity contribution in [3.63, 3.8) is 0 Å². The fourth-order valence-corrected chi connectivity index (χ4v) is 3.03. The first-order chi connectivity index (χ1) is 11.8.